The zero-order valence-corrected chi connectivity index (χ0v) is 16.2. The number of amides is 1. The number of nitrogens with one attached hydrogen (secondary N) is 1. The molecule has 0 radical (unpaired) electrons. The van der Waals surface area contributed by atoms with Crippen LogP contribution in [0.1, 0.15) is 17.3 Å². The summed E-state index contributed by atoms with van der Waals surface area (Å²) >= 11 is 0. The lowest BCUT2D eigenvalue weighted by molar-refractivity contribution is -0.124. The quantitative estimate of drug-likeness (QED) is 0.711. The Balaban J connectivity index is 1.48. The Morgan fingerprint density at radius 3 is 2.64 bits per heavy atom. The Hall–Kier alpha value is -2.87. The molecule has 0 fully saturated rings. The summed E-state index contributed by atoms with van der Waals surface area (Å²) in [4.78, 5) is 24.7. The third-order valence-corrected chi connectivity index (χ3v) is 5.41. The minimum absolute atomic E-state index is 0.205. The molecule has 1 aliphatic heterocycles. The summed E-state index contributed by atoms with van der Waals surface area (Å²) in [6.45, 7) is 1.87. The SMILES string of the molecule is CC[S@@](=O)c1ccccc1C(=O)OCC(=O)NC[C@H]1COc2ccccc2O1. The Morgan fingerprint density at radius 1 is 1.14 bits per heavy atom. The standard InChI is InChI=1S/C20H21NO6S/c1-2-28(24)18-10-6-3-7-15(18)20(23)26-13-19(22)21-11-14-12-25-16-8-4-5-9-17(16)27-14/h3-10,14H,2,11-13H2,1H3,(H,21,22)/t14-,28+/m0/s1. The molecule has 3 rings (SSSR count). The number of carbonyl (C=O) groups excluding carboxylic acids is 2. The molecule has 1 N–H and O–H groups in total. The second-order valence-corrected chi connectivity index (χ2v) is 7.72. The molecule has 2 aromatic carbocycles. The number of esters is 1. The highest BCUT2D eigenvalue weighted by molar-refractivity contribution is 7.85. The number of ether oxygens (including phenoxy) is 3. The van der Waals surface area contributed by atoms with E-state index in [2.05, 4.69) is 5.32 Å². The van der Waals surface area contributed by atoms with Crippen LogP contribution in [0.15, 0.2) is 53.4 Å². The van der Waals surface area contributed by atoms with Gasteiger partial charge < -0.3 is 19.5 Å². The fourth-order valence-electron chi connectivity index (χ4n) is 2.64. The average Bonchev–Trinajstić information content (AvgIpc) is 2.75. The Labute approximate surface area is 165 Å². The first-order chi connectivity index (χ1) is 13.6. The molecule has 28 heavy (non-hydrogen) atoms. The third kappa shape index (κ3) is 4.89. The van der Waals surface area contributed by atoms with Crippen molar-refractivity contribution >= 4 is 22.7 Å². The van der Waals surface area contributed by atoms with E-state index in [9.17, 15) is 13.8 Å². The minimum Gasteiger partial charge on any atom is -0.486 e. The first-order valence-electron chi connectivity index (χ1n) is 8.88. The summed E-state index contributed by atoms with van der Waals surface area (Å²) in [5.41, 5.74) is 0.205. The van der Waals surface area contributed by atoms with Crippen molar-refractivity contribution in [1.29, 1.82) is 0 Å². The van der Waals surface area contributed by atoms with Gasteiger partial charge in [-0.05, 0) is 24.3 Å². The molecule has 0 saturated carbocycles. The van der Waals surface area contributed by atoms with Crippen molar-refractivity contribution in [3.8, 4) is 11.5 Å². The second kappa shape index (κ2) is 9.36. The number of hydrogen-bond acceptors (Lipinski definition) is 6. The summed E-state index contributed by atoms with van der Waals surface area (Å²) in [5, 5.41) is 2.66. The lowest BCUT2D eigenvalue weighted by Crippen LogP contribution is -2.42. The zero-order valence-electron chi connectivity index (χ0n) is 15.4. The smallest absolute Gasteiger partial charge is 0.339 e. The van der Waals surface area contributed by atoms with Crippen LogP contribution in [-0.2, 0) is 20.3 Å². The van der Waals surface area contributed by atoms with Crippen LogP contribution in [0.4, 0.5) is 0 Å². The van der Waals surface area contributed by atoms with Gasteiger partial charge in [0.15, 0.2) is 18.1 Å². The van der Waals surface area contributed by atoms with Crippen LogP contribution < -0.4 is 14.8 Å². The average molecular weight is 403 g/mol. The van der Waals surface area contributed by atoms with Gasteiger partial charge in [0.05, 0.1) is 27.8 Å². The van der Waals surface area contributed by atoms with Gasteiger partial charge in [-0.1, -0.05) is 31.2 Å². The van der Waals surface area contributed by atoms with Crippen LogP contribution >= 0.6 is 0 Å². The van der Waals surface area contributed by atoms with Crippen molar-refractivity contribution in [3.63, 3.8) is 0 Å². The largest absolute Gasteiger partial charge is 0.486 e. The summed E-state index contributed by atoms with van der Waals surface area (Å²) in [7, 11) is -1.29. The summed E-state index contributed by atoms with van der Waals surface area (Å²) < 4.78 is 28.4. The van der Waals surface area contributed by atoms with Gasteiger partial charge in [0, 0.05) is 5.75 Å². The van der Waals surface area contributed by atoms with Crippen LogP contribution in [0.25, 0.3) is 0 Å². The summed E-state index contributed by atoms with van der Waals surface area (Å²) in [6.07, 6.45) is -0.331. The van der Waals surface area contributed by atoms with Crippen LogP contribution in [0, 0.1) is 0 Å². The van der Waals surface area contributed by atoms with Crippen molar-refractivity contribution in [1.82, 2.24) is 5.32 Å². The number of carbonyl (C=O) groups is 2. The molecular weight excluding hydrogens is 382 g/mol. The van der Waals surface area contributed by atoms with Gasteiger partial charge in [-0.15, -0.1) is 0 Å². The van der Waals surface area contributed by atoms with Crippen LogP contribution in [0.2, 0.25) is 0 Å². The molecule has 0 saturated heterocycles. The van der Waals surface area contributed by atoms with Gasteiger partial charge in [-0.3, -0.25) is 9.00 Å². The molecule has 1 heterocycles. The molecule has 2 aromatic rings. The maximum Gasteiger partial charge on any atom is 0.339 e. The van der Waals surface area contributed by atoms with Crippen molar-refractivity contribution in [2.45, 2.75) is 17.9 Å². The van der Waals surface area contributed by atoms with Crippen molar-refractivity contribution in [2.75, 3.05) is 25.5 Å². The number of benzene rings is 2. The summed E-state index contributed by atoms with van der Waals surface area (Å²) in [6, 6.07) is 13.8. The molecule has 148 valence electrons. The van der Waals surface area contributed by atoms with Crippen LogP contribution in [0.5, 0.6) is 11.5 Å². The summed E-state index contributed by atoms with van der Waals surface area (Å²) in [5.74, 6) is 0.544. The molecule has 2 atom stereocenters. The van der Waals surface area contributed by atoms with Gasteiger partial charge in [-0.25, -0.2) is 4.79 Å². The van der Waals surface area contributed by atoms with Crippen molar-refractivity contribution in [2.24, 2.45) is 0 Å². The molecule has 1 aliphatic rings. The zero-order chi connectivity index (χ0) is 19.9. The molecule has 0 bridgehead atoms. The van der Waals surface area contributed by atoms with Gasteiger partial charge in [0.1, 0.15) is 12.7 Å². The fraction of sp³-hybridized carbons (Fsp3) is 0.300. The predicted molar refractivity (Wildman–Crippen MR) is 103 cm³/mol. The molecule has 8 heteroatoms. The Kier molecular flexibility index (Phi) is 6.65. The molecule has 0 aromatic heterocycles. The molecular formula is C20H21NO6S. The fourth-order valence-corrected chi connectivity index (χ4v) is 3.58. The van der Waals surface area contributed by atoms with E-state index in [4.69, 9.17) is 14.2 Å². The number of fused-ring (bicyclic) bond motifs is 1. The highest BCUT2D eigenvalue weighted by Gasteiger charge is 2.22. The van der Waals surface area contributed by atoms with Gasteiger partial charge in [0.2, 0.25) is 0 Å². The van der Waals surface area contributed by atoms with Gasteiger partial charge in [0.25, 0.3) is 5.91 Å². The second-order valence-electron chi connectivity index (χ2n) is 6.01. The van der Waals surface area contributed by atoms with E-state index in [1.54, 1.807) is 31.2 Å². The monoisotopic (exact) mass is 403 g/mol. The lowest BCUT2D eigenvalue weighted by Gasteiger charge is -2.26. The van der Waals surface area contributed by atoms with Crippen molar-refractivity contribution < 1.29 is 28.0 Å². The van der Waals surface area contributed by atoms with E-state index in [0.717, 1.165) is 0 Å². The first-order valence-corrected chi connectivity index (χ1v) is 10.2. The molecule has 0 unspecified atom stereocenters. The first kappa shape index (κ1) is 19.9. The highest BCUT2D eigenvalue weighted by Crippen LogP contribution is 2.30. The Morgan fingerprint density at radius 2 is 1.86 bits per heavy atom. The minimum atomic E-state index is -1.29. The van der Waals surface area contributed by atoms with Gasteiger partial charge >= 0.3 is 5.97 Å². The maximum atomic E-state index is 12.3. The third-order valence-electron chi connectivity index (χ3n) is 4.04. The number of para-hydroxylation sites is 2. The normalized spacial score (nSPS) is 16.1. The van der Waals surface area contributed by atoms with Crippen molar-refractivity contribution in [3.05, 3.63) is 54.1 Å². The van der Waals surface area contributed by atoms with Gasteiger partial charge in [-0.2, -0.15) is 0 Å². The van der Waals surface area contributed by atoms with E-state index in [1.165, 1.54) is 6.07 Å². The molecule has 7 nitrogen and oxygen atoms in total. The molecule has 0 aliphatic carbocycles. The number of hydrogen-bond donors (Lipinski definition) is 1. The van der Waals surface area contributed by atoms with E-state index < -0.39 is 29.3 Å². The molecule has 1 amide bonds. The predicted octanol–water partition coefficient (Wildman–Crippen LogP) is 1.93. The number of rotatable bonds is 7. The maximum absolute atomic E-state index is 12.3. The Bertz CT molecular complexity index is 885. The van der Waals surface area contributed by atoms with Crippen LogP contribution in [-0.4, -0.2) is 47.7 Å². The van der Waals surface area contributed by atoms with E-state index >= 15 is 0 Å². The topological polar surface area (TPSA) is 90.9 Å². The highest BCUT2D eigenvalue weighted by atomic mass is 32.2. The van der Waals surface area contributed by atoms with Crippen LogP contribution in [0.3, 0.4) is 0 Å². The van der Waals surface area contributed by atoms with E-state index in [1.807, 2.05) is 18.2 Å². The lowest BCUT2D eigenvalue weighted by atomic mass is 10.2. The van der Waals surface area contributed by atoms with E-state index in [0.29, 0.717) is 28.8 Å². The van der Waals surface area contributed by atoms with E-state index in [-0.39, 0.29) is 18.2 Å². The molecule has 0 spiro atoms.